The van der Waals surface area contributed by atoms with Crippen molar-refractivity contribution in [1.82, 2.24) is 4.98 Å². The van der Waals surface area contributed by atoms with E-state index >= 15 is 0 Å². The SMILES string of the molecule is CCC(C(=O)O)C1(c2ccc3ncoc3c2)COC1. The molecule has 2 aromatic rings. The number of aliphatic carboxylic acids is 1. The zero-order valence-electron chi connectivity index (χ0n) is 10.6. The zero-order chi connectivity index (χ0) is 13.5. The number of hydrogen-bond donors (Lipinski definition) is 1. The molecule has 3 rings (SSSR count). The highest BCUT2D eigenvalue weighted by Crippen LogP contribution is 2.42. The number of oxazole rings is 1. The first-order valence-electron chi connectivity index (χ1n) is 6.31. The molecular formula is C14H15NO4. The predicted octanol–water partition coefficient (Wildman–Crippen LogP) is 2.21. The van der Waals surface area contributed by atoms with Crippen LogP contribution in [0.15, 0.2) is 29.0 Å². The van der Waals surface area contributed by atoms with Crippen LogP contribution in [-0.2, 0) is 14.9 Å². The first-order valence-corrected chi connectivity index (χ1v) is 6.31. The summed E-state index contributed by atoms with van der Waals surface area (Å²) in [4.78, 5) is 15.5. The lowest BCUT2D eigenvalue weighted by atomic mass is 9.67. The molecular weight excluding hydrogens is 246 g/mol. The van der Waals surface area contributed by atoms with Crippen molar-refractivity contribution in [2.24, 2.45) is 5.92 Å². The van der Waals surface area contributed by atoms with Crippen LogP contribution in [0, 0.1) is 5.92 Å². The van der Waals surface area contributed by atoms with Crippen molar-refractivity contribution >= 4 is 17.1 Å². The van der Waals surface area contributed by atoms with E-state index in [9.17, 15) is 9.90 Å². The van der Waals surface area contributed by atoms with E-state index in [0.29, 0.717) is 25.2 Å². The second kappa shape index (κ2) is 4.35. The zero-order valence-corrected chi connectivity index (χ0v) is 10.6. The van der Waals surface area contributed by atoms with Gasteiger partial charge in [-0.05, 0) is 24.1 Å². The summed E-state index contributed by atoms with van der Waals surface area (Å²) in [6.45, 7) is 2.78. The molecule has 19 heavy (non-hydrogen) atoms. The first-order chi connectivity index (χ1) is 9.17. The fourth-order valence-corrected chi connectivity index (χ4v) is 2.86. The Morgan fingerprint density at radius 2 is 2.32 bits per heavy atom. The molecule has 100 valence electrons. The van der Waals surface area contributed by atoms with Crippen LogP contribution in [0.1, 0.15) is 18.9 Å². The molecule has 1 N–H and O–H groups in total. The van der Waals surface area contributed by atoms with Gasteiger partial charge in [-0.3, -0.25) is 4.79 Å². The van der Waals surface area contributed by atoms with E-state index in [2.05, 4.69) is 4.98 Å². The van der Waals surface area contributed by atoms with E-state index in [0.717, 1.165) is 11.1 Å². The minimum absolute atomic E-state index is 0.442. The van der Waals surface area contributed by atoms with E-state index in [1.165, 1.54) is 6.39 Å². The number of carboxylic acid groups (broad SMARTS) is 1. The molecule has 1 aromatic carbocycles. The summed E-state index contributed by atoms with van der Waals surface area (Å²) in [6.07, 6.45) is 1.97. The number of rotatable bonds is 4. The number of carbonyl (C=O) groups is 1. The van der Waals surface area contributed by atoms with Gasteiger partial charge >= 0.3 is 5.97 Å². The molecule has 5 heteroatoms. The van der Waals surface area contributed by atoms with Gasteiger partial charge in [0.25, 0.3) is 0 Å². The standard InChI is InChI=1S/C14H15NO4/c1-2-10(13(16)17)14(6-18-7-14)9-3-4-11-12(5-9)19-8-15-11/h3-5,8,10H,2,6-7H2,1H3,(H,16,17). The summed E-state index contributed by atoms with van der Waals surface area (Å²) in [7, 11) is 0. The van der Waals surface area contributed by atoms with E-state index < -0.39 is 17.3 Å². The van der Waals surface area contributed by atoms with E-state index in [-0.39, 0.29) is 0 Å². The Morgan fingerprint density at radius 3 is 2.89 bits per heavy atom. The summed E-state index contributed by atoms with van der Waals surface area (Å²) in [5.74, 6) is -1.22. The Morgan fingerprint density at radius 1 is 1.53 bits per heavy atom. The molecule has 1 aliphatic rings. The molecule has 5 nitrogen and oxygen atoms in total. The lowest BCUT2D eigenvalue weighted by Gasteiger charge is -2.45. The second-order valence-electron chi connectivity index (χ2n) is 4.98. The lowest BCUT2D eigenvalue weighted by molar-refractivity contribution is -0.157. The van der Waals surface area contributed by atoms with Crippen molar-refractivity contribution in [3.05, 3.63) is 30.2 Å². The number of benzene rings is 1. The Balaban J connectivity index is 2.07. The van der Waals surface area contributed by atoms with Crippen LogP contribution in [0.4, 0.5) is 0 Å². The van der Waals surface area contributed by atoms with Crippen LogP contribution >= 0.6 is 0 Å². The first kappa shape index (κ1) is 12.2. The number of nitrogens with zero attached hydrogens (tertiary/aromatic N) is 1. The maximum atomic E-state index is 11.5. The van der Waals surface area contributed by atoms with Gasteiger partial charge in [0.1, 0.15) is 5.52 Å². The molecule has 1 fully saturated rings. The Labute approximate surface area is 110 Å². The molecule has 0 aliphatic carbocycles. The van der Waals surface area contributed by atoms with Crippen LogP contribution in [0.5, 0.6) is 0 Å². The van der Waals surface area contributed by atoms with Crippen LogP contribution in [0.25, 0.3) is 11.1 Å². The Kier molecular flexibility index (Phi) is 2.78. The fraction of sp³-hybridized carbons (Fsp3) is 0.429. The molecule has 1 saturated heterocycles. The van der Waals surface area contributed by atoms with E-state index in [1.807, 2.05) is 25.1 Å². The van der Waals surface area contributed by atoms with Crippen LogP contribution in [0.3, 0.4) is 0 Å². The third-order valence-corrected chi connectivity index (χ3v) is 4.00. The summed E-state index contributed by atoms with van der Waals surface area (Å²) >= 11 is 0. The van der Waals surface area contributed by atoms with Gasteiger partial charge in [0.05, 0.1) is 24.5 Å². The number of fused-ring (bicyclic) bond motifs is 1. The summed E-state index contributed by atoms with van der Waals surface area (Å²) in [5, 5.41) is 9.42. The molecule has 0 spiro atoms. The van der Waals surface area contributed by atoms with E-state index in [4.69, 9.17) is 9.15 Å². The monoisotopic (exact) mass is 261 g/mol. The van der Waals surface area contributed by atoms with Crippen molar-refractivity contribution in [3.8, 4) is 0 Å². The van der Waals surface area contributed by atoms with Crippen LogP contribution in [0.2, 0.25) is 0 Å². The van der Waals surface area contributed by atoms with Gasteiger partial charge in [-0.25, -0.2) is 4.98 Å². The summed E-state index contributed by atoms with van der Waals surface area (Å²) < 4.78 is 10.6. The highest BCUT2D eigenvalue weighted by Gasteiger charge is 2.49. The predicted molar refractivity (Wildman–Crippen MR) is 67.9 cm³/mol. The normalized spacial score (nSPS) is 19.0. The quantitative estimate of drug-likeness (QED) is 0.913. The third kappa shape index (κ3) is 1.73. The topological polar surface area (TPSA) is 72.6 Å². The maximum absolute atomic E-state index is 11.5. The number of carboxylic acids is 1. The highest BCUT2D eigenvalue weighted by molar-refractivity contribution is 5.76. The van der Waals surface area contributed by atoms with Gasteiger partial charge in [-0.2, -0.15) is 0 Å². The van der Waals surface area contributed by atoms with Crippen molar-refractivity contribution in [2.45, 2.75) is 18.8 Å². The van der Waals surface area contributed by atoms with Gasteiger partial charge in [0.15, 0.2) is 12.0 Å². The van der Waals surface area contributed by atoms with Crippen molar-refractivity contribution < 1.29 is 19.1 Å². The number of hydrogen-bond acceptors (Lipinski definition) is 4. The number of ether oxygens (including phenoxy) is 1. The van der Waals surface area contributed by atoms with Crippen LogP contribution < -0.4 is 0 Å². The average Bonchev–Trinajstić information content (AvgIpc) is 2.79. The van der Waals surface area contributed by atoms with Crippen molar-refractivity contribution in [1.29, 1.82) is 0 Å². The smallest absolute Gasteiger partial charge is 0.307 e. The van der Waals surface area contributed by atoms with Gasteiger partial charge in [0.2, 0.25) is 0 Å². The van der Waals surface area contributed by atoms with E-state index in [1.54, 1.807) is 0 Å². The third-order valence-electron chi connectivity index (χ3n) is 4.00. The second-order valence-corrected chi connectivity index (χ2v) is 4.98. The molecule has 1 atom stereocenters. The molecule has 1 aromatic heterocycles. The van der Waals surface area contributed by atoms with Crippen molar-refractivity contribution in [3.63, 3.8) is 0 Å². The lowest BCUT2D eigenvalue weighted by Crippen LogP contribution is -2.54. The molecule has 1 unspecified atom stereocenters. The summed E-state index contributed by atoms with van der Waals surface area (Å²) in [5.41, 5.74) is 1.98. The Bertz CT molecular complexity index is 615. The molecule has 1 aliphatic heterocycles. The Hall–Kier alpha value is -1.88. The largest absolute Gasteiger partial charge is 0.481 e. The average molecular weight is 261 g/mol. The molecule has 0 radical (unpaired) electrons. The molecule has 0 amide bonds. The molecule has 0 saturated carbocycles. The highest BCUT2D eigenvalue weighted by atomic mass is 16.5. The maximum Gasteiger partial charge on any atom is 0.307 e. The minimum Gasteiger partial charge on any atom is -0.481 e. The van der Waals surface area contributed by atoms with Gasteiger partial charge < -0.3 is 14.3 Å². The van der Waals surface area contributed by atoms with Gasteiger partial charge in [0, 0.05) is 0 Å². The molecule has 2 heterocycles. The van der Waals surface area contributed by atoms with Gasteiger partial charge in [-0.1, -0.05) is 13.0 Å². The molecule has 0 bridgehead atoms. The van der Waals surface area contributed by atoms with Gasteiger partial charge in [-0.15, -0.1) is 0 Å². The fourth-order valence-electron chi connectivity index (χ4n) is 2.86. The van der Waals surface area contributed by atoms with Crippen LogP contribution in [-0.4, -0.2) is 29.3 Å². The number of aromatic nitrogens is 1. The minimum atomic E-state index is -0.775. The summed E-state index contributed by atoms with van der Waals surface area (Å²) in [6, 6.07) is 5.68. The van der Waals surface area contributed by atoms with Crippen molar-refractivity contribution in [2.75, 3.05) is 13.2 Å².